The van der Waals surface area contributed by atoms with Crippen LogP contribution in [0.25, 0.3) is 0 Å². The van der Waals surface area contributed by atoms with Crippen molar-refractivity contribution in [3.05, 3.63) is 24.3 Å². The molecular formula is C11H18N2O5S. The van der Waals surface area contributed by atoms with Crippen molar-refractivity contribution in [3.8, 4) is 0 Å². The van der Waals surface area contributed by atoms with Crippen LogP contribution in [0.3, 0.4) is 0 Å². The summed E-state index contributed by atoms with van der Waals surface area (Å²) in [4.78, 5) is 22.5. The Morgan fingerprint density at radius 2 is 1.53 bits per heavy atom. The average Bonchev–Trinajstić information content (AvgIpc) is 2.30. The van der Waals surface area contributed by atoms with Gasteiger partial charge >= 0.3 is 11.4 Å². The van der Waals surface area contributed by atoms with E-state index in [1.54, 1.807) is 0 Å². The second-order valence-electron chi connectivity index (χ2n) is 3.92. The van der Waals surface area contributed by atoms with E-state index < -0.39 is 29.3 Å². The van der Waals surface area contributed by atoms with Gasteiger partial charge in [-0.25, -0.2) is 0 Å². The van der Waals surface area contributed by atoms with Crippen molar-refractivity contribution in [2.45, 2.75) is 20.0 Å². The van der Waals surface area contributed by atoms with Crippen LogP contribution >= 0.6 is 0 Å². The third kappa shape index (κ3) is 8.25. The zero-order valence-electron chi connectivity index (χ0n) is 10.9. The van der Waals surface area contributed by atoms with Crippen molar-refractivity contribution in [1.82, 2.24) is 10.6 Å². The standard InChI is InChI=1S/C11H18N2O5S/c1-7(2)10(14)12-5-9(18-19(16)17)6-13-11(15)8(3)4/h9H,1,3,5-6H2,2,4H3,(H,12,14)(H,13,15)(H,16,17). The highest BCUT2D eigenvalue weighted by Crippen LogP contribution is 1.95. The minimum Gasteiger partial charge on any atom is -0.350 e. The zero-order valence-corrected chi connectivity index (χ0v) is 11.7. The van der Waals surface area contributed by atoms with Crippen molar-refractivity contribution < 1.29 is 22.5 Å². The second-order valence-corrected chi connectivity index (χ2v) is 4.54. The quantitative estimate of drug-likeness (QED) is 0.427. The fourth-order valence-corrected chi connectivity index (χ4v) is 1.34. The van der Waals surface area contributed by atoms with Crippen LogP contribution in [0.4, 0.5) is 0 Å². The molecule has 0 radical (unpaired) electrons. The minimum atomic E-state index is -2.49. The molecule has 2 amide bonds. The van der Waals surface area contributed by atoms with Crippen molar-refractivity contribution in [2.24, 2.45) is 0 Å². The van der Waals surface area contributed by atoms with Crippen LogP contribution in [-0.2, 0) is 25.1 Å². The largest absolute Gasteiger partial charge is 0.350 e. The summed E-state index contributed by atoms with van der Waals surface area (Å²) in [5.41, 5.74) is 0.602. The van der Waals surface area contributed by atoms with Gasteiger partial charge in [0, 0.05) is 24.2 Å². The molecule has 0 aliphatic rings. The van der Waals surface area contributed by atoms with Gasteiger partial charge in [0.05, 0.1) is 0 Å². The molecule has 0 bridgehead atoms. The number of carbonyl (C=O) groups excluding carboxylic acids is 2. The summed E-state index contributed by atoms with van der Waals surface area (Å²) in [6.45, 7) is 9.88. The Hall–Kier alpha value is -1.51. The number of carbonyl (C=O) groups is 2. The third-order valence-corrected chi connectivity index (χ3v) is 2.41. The van der Waals surface area contributed by atoms with Gasteiger partial charge in [0.15, 0.2) is 0 Å². The Kier molecular flexibility index (Phi) is 7.89. The van der Waals surface area contributed by atoms with Gasteiger partial charge < -0.3 is 10.6 Å². The molecule has 1 unspecified atom stereocenters. The maximum absolute atomic E-state index is 11.3. The average molecular weight is 290 g/mol. The molecule has 0 saturated carbocycles. The lowest BCUT2D eigenvalue weighted by Gasteiger charge is -2.16. The van der Waals surface area contributed by atoms with E-state index in [2.05, 4.69) is 28.0 Å². The lowest BCUT2D eigenvalue weighted by molar-refractivity contribution is -0.117. The lowest BCUT2D eigenvalue weighted by atomic mass is 10.3. The van der Waals surface area contributed by atoms with Gasteiger partial charge in [0.2, 0.25) is 11.8 Å². The molecule has 0 fully saturated rings. The van der Waals surface area contributed by atoms with Crippen LogP contribution < -0.4 is 10.6 Å². The Morgan fingerprint density at radius 1 is 1.16 bits per heavy atom. The van der Waals surface area contributed by atoms with E-state index in [4.69, 9.17) is 4.55 Å². The highest BCUT2D eigenvalue weighted by atomic mass is 32.2. The highest BCUT2D eigenvalue weighted by molar-refractivity contribution is 7.74. The summed E-state index contributed by atoms with van der Waals surface area (Å²) in [5.74, 6) is -0.799. The molecule has 0 saturated heterocycles. The van der Waals surface area contributed by atoms with E-state index in [9.17, 15) is 13.8 Å². The van der Waals surface area contributed by atoms with E-state index in [0.29, 0.717) is 11.1 Å². The molecular weight excluding hydrogens is 272 g/mol. The predicted octanol–water partition coefficient (Wildman–Crippen LogP) is -0.107. The van der Waals surface area contributed by atoms with Crippen molar-refractivity contribution in [1.29, 1.82) is 0 Å². The molecule has 0 aromatic heterocycles. The van der Waals surface area contributed by atoms with Crippen LogP contribution in [0.2, 0.25) is 0 Å². The Morgan fingerprint density at radius 3 is 1.79 bits per heavy atom. The third-order valence-electron chi connectivity index (χ3n) is 1.97. The zero-order chi connectivity index (χ0) is 15.0. The van der Waals surface area contributed by atoms with Crippen LogP contribution in [-0.4, -0.2) is 39.8 Å². The fourth-order valence-electron chi connectivity index (χ4n) is 0.971. The van der Waals surface area contributed by atoms with E-state index in [-0.39, 0.29) is 13.1 Å². The van der Waals surface area contributed by atoms with Gasteiger partial charge in [-0.1, -0.05) is 13.2 Å². The van der Waals surface area contributed by atoms with Crippen LogP contribution in [0.15, 0.2) is 24.3 Å². The van der Waals surface area contributed by atoms with E-state index in [1.165, 1.54) is 13.8 Å². The molecule has 8 heteroatoms. The van der Waals surface area contributed by atoms with E-state index >= 15 is 0 Å². The lowest BCUT2D eigenvalue weighted by Crippen LogP contribution is -2.42. The molecule has 19 heavy (non-hydrogen) atoms. The number of hydrogen-bond acceptors (Lipinski definition) is 4. The van der Waals surface area contributed by atoms with Crippen molar-refractivity contribution in [3.63, 3.8) is 0 Å². The number of nitrogens with one attached hydrogen (secondary N) is 2. The maximum Gasteiger partial charge on any atom is 0.302 e. The van der Waals surface area contributed by atoms with Gasteiger partial charge in [0.25, 0.3) is 0 Å². The molecule has 0 aliphatic heterocycles. The summed E-state index contributed by atoms with van der Waals surface area (Å²) in [5, 5.41) is 4.92. The first-order chi connectivity index (χ1) is 8.73. The molecule has 7 nitrogen and oxygen atoms in total. The molecule has 0 heterocycles. The smallest absolute Gasteiger partial charge is 0.302 e. The molecule has 0 aliphatic carbocycles. The van der Waals surface area contributed by atoms with Gasteiger partial charge in [-0.2, -0.15) is 4.21 Å². The Labute approximate surface area is 114 Å². The predicted molar refractivity (Wildman–Crippen MR) is 71.3 cm³/mol. The number of amides is 2. The molecule has 108 valence electrons. The number of hydrogen-bond donors (Lipinski definition) is 3. The fraction of sp³-hybridized carbons (Fsp3) is 0.455. The van der Waals surface area contributed by atoms with Crippen LogP contribution in [0.1, 0.15) is 13.8 Å². The van der Waals surface area contributed by atoms with E-state index in [0.717, 1.165) is 0 Å². The van der Waals surface area contributed by atoms with Gasteiger partial charge in [-0.3, -0.25) is 18.3 Å². The summed E-state index contributed by atoms with van der Waals surface area (Å²) in [7, 11) is 0. The maximum atomic E-state index is 11.3. The van der Waals surface area contributed by atoms with Crippen molar-refractivity contribution >= 4 is 23.2 Å². The molecule has 0 aromatic carbocycles. The molecule has 0 rings (SSSR count). The second kappa shape index (κ2) is 8.57. The van der Waals surface area contributed by atoms with Gasteiger partial charge in [-0.15, -0.1) is 0 Å². The van der Waals surface area contributed by atoms with Gasteiger partial charge in [0.1, 0.15) is 6.10 Å². The van der Waals surface area contributed by atoms with Crippen LogP contribution in [0, 0.1) is 0 Å². The molecule has 0 aromatic rings. The van der Waals surface area contributed by atoms with Crippen LogP contribution in [0.5, 0.6) is 0 Å². The number of rotatable bonds is 8. The SMILES string of the molecule is C=C(C)C(=O)NCC(CNC(=O)C(=C)C)OS(=O)O. The molecule has 1 atom stereocenters. The summed E-state index contributed by atoms with van der Waals surface area (Å²) in [6.07, 6.45) is -0.836. The topological polar surface area (TPSA) is 105 Å². The highest BCUT2D eigenvalue weighted by Gasteiger charge is 2.15. The minimum absolute atomic E-state index is 0.0333. The summed E-state index contributed by atoms with van der Waals surface area (Å²) >= 11 is -2.49. The Balaban J connectivity index is 4.34. The summed E-state index contributed by atoms with van der Waals surface area (Å²) < 4.78 is 23.9. The van der Waals surface area contributed by atoms with E-state index in [1.807, 2.05) is 0 Å². The first kappa shape index (κ1) is 17.5. The first-order valence-electron chi connectivity index (χ1n) is 5.39. The summed E-state index contributed by atoms with van der Waals surface area (Å²) in [6, 6.07) is 0. The van der Waals surface area contributed by atoms with Crippen molar-refractivity contribution in [2.75, 3.05) is 13.1 Å². The Bertz CT molecular complexity index is 378. The normalized spacial score (nSPS) is 11.8. The van der Waals surface area contributed by atoms with Gasteiger partial charge in [-0.05, 0) is 13.8 Å². The molecule has 0 spiro atoms. The first-order valence-corrected chi connectivity index (χ1v) is 6.42. The molecule has 3 N–H and O–H groups in total. The monoisotopic (exact) mass is 290 g/mol.